The number of carbonyl (C=O) groups is 1. The third-order valence-corrected chi connectivity index (χ3v) is 7.63. The Hall–Kier alpha value is -3.96. The van der Waals surface area contributed by atoms with Gasteiger partial charge in [-0.25, -0.2) is 4.63 Å². The van der Waals surface area contributed by atoms with Crippen LogP contribution in [-0.4, -0.2) is 39.1 Å². The summed E-state index contributed by atoms with van der Waals surface area (Å²) in [5.74, 6) is -0.330. The third kappa shape index (κ3) is 6.86. The van der Waals surface area contributed by atoms with Crippen LogP contribution in [0.2, 0.25) is 5.02 Å². The van der Waals surface area contributed by atoms with E-state index in [1.54, 1.807) is 24.3 Å². The summed E-state index contributed by atoms with van der Waals surface area (Å²) in [6.45, 7) is -0.0593. The molecule has 5 rings (SSSR count). The van der Waals surface area contributed by atoms with E-state index in [2.05, 4.69) is 31.6 Å². The zero-order valence-electron chi connectivity index (χ0n) is 21.6. The lowest BCUT2D eigenvalue weighted by atomic mass is 10.0. The van der Waals surface area contributed by atoms with Crippen LogP contribution in [0.15, 0.2) is 88.0 Å². The molecule has 0 unspecified atom stereocenters. The van der Waals surface area contributed by atoms with E-state index in [0.717, 1.165) is 26.7 Å². The first-order valence-corrected chi connectivity index (χ1v) is 13.8. The molecule has 0 aliphatic rings. The summed E-state index contributed by atoms with van der Waals surface area (Å²) in [5.41, 5.74) is 5.70. The average Bonchev–Trinajstić information content (AvgIpc) is 3.45. The van der Waals surface area contributed by atoms with Crippen LogP contribution in [0.1, 0.15) is 16.7 Å². The van der Waals surface area contributed by atoms with Gasteiger partial charge in [-0.2, -0.15) is 0 Å². The second-order valence-electron chi connectivity index (χ2n) is 9.15. The number of ether oxygens (including phenoxy) is 2. The van der Waals surface area contributed by atoms with Gasteiger partial charge in [-0.1, -0.05) is 66.2 Å². The molecule has 210 valence electrons. The molecule has 0 saturated heterocycles. The normalized spacial score (nSPS) is 11.9. The van der Waals surface area contributed by atoms with E-state index in [0.29, 0.717) is 33.1 Å². The Labute approximate surface area is 248 Å². The van der Waals surface area contributed by atoms with E-state index < -0.39 is 18.6 Å². The number of benzene rings is 4. The molecule has 1 aromatic heterocycles. The van der Waals surface area contributed by atoms with Crippen LogP contribution in [0.5, 0.6) is 11.5 Å². The van der Waals surface area contributed by atoms with E-state index in [-0.39, 0.29) is 19.8 Å². The lowest BCUT2D eigenvalue weighted by molar-refractivity contribution is -0.140. The summed E-state index contributed by atoms with van der Waals surface area (Å²) in [7, 11) is 0. The van der Waals surface area contributed by atoms with Gasteiger partial charge in [0.25, 0.3) is 0 Å². The molecule has 0 bridgehead atoms. The molecule has 0 radical (unpaired) electrons. The van der Waals surface area contributed by atoms with Crippen LogP contribution in [0.25, 0.3) is 22.2 Å². The number of aromatic nitrogens is 2. The van der Waals surface area contributed by atoms with Gasteiger partial charge in [-0.05, 0) is 61.1 Å². The van der Waals surface area contributed by atoms with Crippen molar-refractivity contribution in [1.82, 2.24) is 15.6 Å². The lowest BCUT2D eigenvalue weighted by Crippen LogP contribution is -2.39. The van der Waals surface area contributed by atoms with Gasteiger partial charge < -0.3 is 19.7 Å². The van der Waals surface area contributed by atoms with Gasteiger partial charge in [0.05, 0.1) is 11.6 Å². The molecule has 1 heterocycles. The summed E-state index contributed by atoms with van der Waals surface area (Å²) < 4.78 is 18.0. The van der Waals surface area contributed by atoms with Crippen molar-refractivity contribution in [3.8, 4) is 22.6 Å². The van der Waals surface area contributed by atoms with Gasteiger partial charge in [0.2, 0.25) is 0 Å². The van der Waals surface area contributed by atoms with Gasteiger partial charge in [0, 0.05) is 28.2 Å². The smallest absolute Gasteiger partial charge is 0.323 e. The van der Waals surface area contributed by atoms with E-state index in [1.165, 1.54) is 0 Å². The minimum absolute atomic E-state index is 0.0871. The molecular weight excluding hydrogens is 614 g/mol. The molecule has 9 nitrogen and oxygen atoms in total. The fraction of sp³-hybridized carbons (Fsp3) is 0.167. The Morgan fingerprint density at radius 2 is 1.71 bits per heavy atom. The summed E-state index contributed by atoms with van der Waals surface area (Å²) >= 11 is 10.3. The summed E-state index contributed by atoms with van der Waals surface area (Å²) in [6, 6.07) is 23.6. The highest BCUT2D eigenvalue weighted by molar-refractivity contribution is 9.10. The van der Waals surface area contributed by atoms with Crippen LogP contribution in [-0.2, 0) is 24.6 Å². The highest BCUT2D eigenvalue weighted by Gasteiger charge is 2.18. The van der Waals surface area contributed by atoms with Crippen molar-refractivity contribution in [2.75, 3.05) is 6.61 Å². The fourth-order valence-corrected chi connectivity index (χ4v) is 5.04. The SMILES string of the molecule is O=C(O)[C@H](CO)NCc1cc(Cl)c(OCc2cccc(-c3ccccc3)c2Br)cc1OCc1ccc2nonc2c1. The molecule has 0 aliphatic carbocycles. The molecule has 0 amide bonds. The van der Waals surface area contributed by atoms with Crippen LogP contribution >= 0.6 is 27.5 Å². The molecular formula is C30H25BrClN3O6. The molecule has 0 aliphatic heterocycles. The predicted octanol–water partition coefficient (Wildman–Crippen LogP) is 6.00. The Balaban J connectivity index is 1.38. The number of rotatable bonds is 12. The number of fused-ring (bicyclic) bond motifs is 1. The van der Waals surface area contributed by atoms with E-state index in [4.69, 9.17) is 25.7 Å². The molecule has 11 heteroatoms. The summed E-state index contributed by atoms with van der Waals surface area (Å²) in [4.78, 5) is 11.4. The number of halogens is 2. The molecule has 0 saturated carbocycles. The number of hydrogen-bond donors (Lipinski definition) is 3. The van der Waals surface area contributed by atoms with Gasteiger partial charge in [0.1, 0.15) is 41.8 Å². The van der Waals surface area contributed by atoms with E-state index in [9.17, 15) is 15.0 Å². The van der Waals surface area contributed by atoms with Crippen molar-refractivity contribution in [3.63, 3.8) is 0 Å². The molecule has 0 spiro atoms. The molecule has 5 aromatic rings. The zero-order chi connectivity index (χ0) is 28.8. The largest absolute Gasteiger partial charge is 0.488 e. The average molecular weight is 639 g/mol. The highest BCUT2D eigenvalue weighted by Crippen LogP contribution is 2.36. The Kier molecular flexibility index (Phi) is 9.15. The second kappa shape index (κ2) is 13.1. The van der Waals surface area contributed by atoms with Gasteiger partial charge in [0.15, 0.2) is 0 Å². The number of carboxylic acids is 1. The number of hydrogen-bond acceptors (Lipinski definition) is 8. The first-order chi connectivity index (χ1) is 19.9. The topological polar surface area (TPSA) is 127 Å². The van der Waals surface area contributed by atoms with Crippen LogP contribution in [0, 0.1) is 0 Å². The monoisotopic (exact) mass is 637 g/mol. The first kappa shape index (κ1) is 28.6. The van der Waals surface area contributed by atoms with E-state index in [1.807, 2.05) is 54.6 Å². The van der Waals surface area contributed by atoms with Gasteiger partial charge >= 0.3 is 5.97 Å². The van der Waals surface area contributed by atoms with Crippen molar-refractivity contribution in [2.24, 2.45) is 0 Å². The Bertz CT molecular complexity index is 1660. The molecule has 3 N–H and O–H groups in total. The number of aliphatic hydroxyl groups excluding tert-OH is 1. The van der Waals surface area contributed by atoms with Crippen molar-refractivity contribution in [2.45, 2.75) is 25.8 Å². The van der Waals surface area contributed by atoms with E-state index >= 15 is 0 Å². The summed E-state index contributed by atoms with van der Waals surface area (Å²) in [6.07, 6.45) is 0. The van der Waals surface area contributed by atoms with Gasteiger partial charge in [-0.15, -0.1) is 0 Å². The maximum Gasteiger partial charge on any atom is 0.323 e. The quantitative estimate of drug-likeness (QED) is 0.151. The number of aliphatic carboxylic acids is 1. The van der Waals surface area contributed by atoms with Crippen LogP contribution < -0.4 is 14.8 Å². The minimum atomic E-state index is -1.17. The Morgan fingerprint density at radius 3 is 2.49 bits per heavy atom. The maximum atomic E-state index is 11.4. The highest BCUT2D eigenvalue weighted by atomic mass is 79.9. The number of nitrogens with zero attached hydrogens (tertiary/aromatic N) is 2. The number of nitrogens with one attached hydrogen (secondary N) is 1. The minimum Gasteiger partial charge on any atom is -0.488 e. The molecule has 0 fully saturated rings. The molecule has 4 aromatic carbocycles. The standard InChI is InChI=1S/C30H25BrClN3O6/c31-29-20(7-4-8-22(29)19-5-2-1-3-6-19)17-40-28-13-27(21(12-23(28)32)14-33-26(15-36)30(37)38)39-16-18-9-10-24-25(11-18)35-41-34-24/h1-13,26,33,36H,14-17H2,(H,37,38)/t26-/m0/s1. The van der Waals surface area contributed by atoms with Crippen molar-refractivity contribution in [3.05, 3.63) is 105 Å². The third-order valence-electron chi connectivity index (χ3n) is 6.39. The van der Waals surface area contributed by atoms with Crippen LogP contribution in [0.3, 0.4) is 0 Å². The van der Waals surface area contributed by atoms with Crippen molar-refractivity contribution in [1.29, 1.82) is 0 Å². The van der Waals surface area contributed by atoms with Crippen molar-refractivity contribution >= 4 is 44.5 Å². The van der Waals surface area contributed by atoms with Crippen molar-refractivity contribution < 1.29 is 29.1 Å². The number of aliphatic hydroxyl groups is 1. The van der Waals surface area contributed by atoms with Gasteiger partial charge in [-0.3, -0.25) is 10.1 Å². The zero-order valence-corrected chi connectivity index (χ0v) is 23.9. The lowest BCUT2D eigenvalue weighted by Gasteiger charge is -2.18. The predicted molar refractivity (Wildman–Crippen MR) is 157 cm³/mol. The summed E-state index contributed by atoms with van der Waals surface area (Å²) in [5, 5.41) is 29.5. The molecule has 1 atom stereocenters. The fourth-order valence-electron chi connectivity index (χ4n) is 4.19. The first-order valence-electron chi connectivity index (χ1n) is 12.6. The van der Waals surface area contributed by atoms with Crippen LogP contribution in [0.4, 0.5) is 0 Å². The second-order valence-corrected chi connectivity index (χ2v) is 10.4. The molecule has 41 heavy (non-hydrogen) atoms. The Morgan fingerprint density at radius 1 is 0.927 bits per heavy atom. The maximum absolute atomic E-state index is 11.4. The number of carboxylic acid groups (broad SMARTS) is 1.